The maximum absolute atomic E-state index is 12.8. The van der Waals surface area contributed by atoms with Crippen LogP contribution in [0, 0.1) is 0 Å². The number of hydrogen-bond acceptors (Lipinski definition) is 7. The Bertz CT molecular complexity index is 1140. The summed E-state index contributed by atoms with van der Waals surface area (Å²) in [7, 11) is 0. The molecule has 4 aromatic rings. The van der Waals surface area contributed by atoms with Gasteiger partial charge < -0.3 is 9.73 Å². The van der Waals surface area contributed by atoms with Crippen molar-refractivity contribution in [3.05, 3.63) is 82.7 Å². The number of nitrogens with zero attached hydrogens (tertiary/aromatic N) is 4. The predicted molar refractivity (Wildman–Crippen MR) is 137 cm³/mol. The number of aromatic nitrogens is 3. The number of thioether (sulfide) groups is 1. The number of rotatable bonds is 12. The van der Waals surface area contributed by atoms with Crippen molar-refractivity contribution in [1.82, 2.24) is 25.0 Å². The lowest BCUT2D eigenvalue weighted by Gasteiger charge is -2.28. The normalized spacial score (nSPS) is 12.2. The monoisotopic (exact) mass is 495 g/mol. The van der Waals surface area contributed by atoms with Crippen LogP contribution in [-0.2, 0) is 11.2 Å². The van der Waals surface area contributed by atoms with Crippen LogP contribution >= 0.6 is 23.1 Å². The molecule has 3 heterocycles. The van der Waals surface area contributed by atoms with Crippen molar-refractivity contribution >= 4 is 29.0 Å². The van der Waals surface area contributed by atoms with Crippen molar-refractivity contribution in [3.8, 4) is 5.69 Å². The van der Waals surface area contributed by atoms with Crippen LogP contribution in [0.5, 0.6) is 0 Å². The molecule has 0 aliphatic carbocycles. The number of nitrogens with one attached hydrogen (secondary N) is 1. The van der Waals surface area contributed by atoms with Gasteiger partial charge in [0.25, 0.3) is 0 Å². The van der Waals surface area contributed by atoms with E-state index < -0.39 is 0 Å². The number of carbonyl (C=O) groups is 1. The molecule has 1 N–H and O–H groups in total. The first-order valence-corrected chi connectivity index (χ1v) is 13.2. The van der Waals surface area contributed by atoms with Crippen LogP contribution in [0.25, 0.3) is 5.69 Å². The zero-order valence-electron chi connectivity index (χ0n) is 19.4. The van der Waals surface area contributed by atoms with E-state index in [-0.39, 0.29) is 17.7 Å². The zero-order valence-corrected chi connectivity index (χ0v) is 21.0. The van der Waals surface area contributed by atoms with Gasteiger partial charge in [-0.2, -0.15) is 0 Å². The van der Waals surface area contributed by atoms with Crippen molar-refractivity contribution in [2.45, 2.75) is 31.5 Å². The fraction of sp³-hybridized carbons (Fsp3) is 0.320. The molecule has 0 saturated carbocycles. The van der Waals surface area contributed by atoms with Crippen LogP contribution in [0.2, 0.25) is 0 Å². The first-order chi connectivity index (χ1) is 16.7. The minimum absolute atomic E-state index is 0.00400. The molecule has 0 fully saturated rings. The van der Waals surface area contributed by atoms with Crippen LogP contribution in [0.4, 0.5) is 0 Å². The summed E-state index contributed by atoms with van der Waals surface area (Å²) in [4.78, 5) is 16.3. The third kappa shape index (κ3) is 5.97. The summed E-state index contributed by atoms with van der Waals surface area (Å²) in [6.07, 6.45) is 2.37. The highest BCUT2D eigenvalue weighted by Gasteiger charge is 2.22. The number of benzene rings is 1. The van der Waals surface area contributed by atoms with Gasteiger partial charge in [-0.05, 0) is 48.8 Å². The number of hydrogen-bond donors (Lipinski definition) is 1. The van der Waals surface area contributed by atoms with Gasteiger partial charge in [0.2, 0.25) is 5.91 Å². The van der Waals surface area contributed by atoms with Crippen LogP contribution in [0.15, 0.2) is 75.8 Å². The molecule has 34 heavy (non-hydrogen) atoms. The molecule has 1 aromatic carbocycles. The molecule has 3 aromatic heterocycles. The number of furan rings is 1. The highest BCUT2D eigenvalue weighted by molar-refractivity contribution is 7.99. The van der Waals surface area contributed by atoms with Gasteiger partial charge in [-0.1, -0.05) is 49.9 Å². The van der Waals surface area contributed by atoms with Crippen LogP contribution in [0.3, 0.4) is 0 Å². The Morgan fingerprint density at radius 1 is 1.12 bits per heavy atom. The number of likely N-dealkylation sites (N-methyl/N-ethyl adjacent to an activating group) is 1. The maximum atomic E-state index is 12.8. The lowest BCUT2D eigenvalue weighted by Crippen LogP contribution is -2.38. The maximum Gasteiger partial charge on any atom is 0.230 e. The Balaban J connectivity index is 1.43. The molecule has 0 spiro atoms. The minimum Gasteiger partial charge on any atom is -0.468 e. The molecule has 0 aliphatic rings. The summed E-state index contributed by atoms with van der Waals surface area (Å²) < 4.78 is 7.67. The standard InChI is InChI=1S/C25H29N5O2S2/c1-3-29(4-2)21(22-13-8-14-32-22)17-26-24(31)18-34-25-28-27-23(16-20-12-9-15-33-20)30(25)19-10-6-5-7-11-19/h5-15,21H,3-4,16-18H2,1-2H3,(H,26,31)/t21-/m1/s1. The van der Waals surface area contributed by atoms with Gasteiger partial charge in [0.15, 0.2) is 5.16 Å². The van der Waals surface area contributed by atoms with E-state index in [1.165, 1.54) is 16.6 Å². The van der Waals surface area contributed by atoms with E-state index >= 15 is 0 Å². The summed E-state index contributed by atoms with van der Waals surface area (Å²) in [6, 6.07) is 18.0. The molecule has 7 nitrogen and oxygen atoms in total. The van der Waals surface area contributed by atoms with E-state index in [4.69, 9.17) is 4.42 Å². The van der Waals surface area contributed by atoms with E-state index in [1.54, 1.807) is 17.6 Å². The Labute approximate surface area is 208 Å². The zero-order chi connectivity index (χ0) is 23.8. The first-order valence-electron chi connectivity index (χ1n) is 11.4. The average molecular weight is 496 g/mol. The largest absolute Gasteiger partial charge is 0.468 e. The fourth-order valence-corrected chi connectivity index (χ4v) is 5.36. The van der Waals surface area contributed by atoms with Crippen molar-refractivity contribution < 1.29 is 9.21 Å². The summed E-state index contributed by atoms with van der Waals surface area (Å²) >= 11 is 3.10. The molecule has 0 bridgehead atoms. The van der Waals surface area contributed by atoms with Gasteiger partial charge in [-0.15, -0.1) is 21.5 Å². The molecule has 0 aliphatic heterocycles. The van der Waals surface area contributed by atoms with Gasteiger partial charge in [0.1, 0.15) is 11.6 Å². The van der Waals surface area contributed by atoms with E-state index in [9.17, 15) is 4.79 Å². The summed E-state index contributed by atoms with van der Waals surface area (Å²) in [5.41, 5.74) is 0.987. The van der Waals surface area contributed by atoms with E-state index in [0.29, 0.717) is 18.1 Å². The molecule has 1 atom stereocenters. The molecule has 0 unspecified atom stereocenters. The van der Waals surface area contributed by atoms with Gasteiger partial charge in [0, 0.05) is 23.5 Å². The highest BCUT2D eigenvalue weighted by atomic mass is 32.2. The second-order valence-corrected chi connectivity index (χ2v) is 9.65. The Hall–Kier alpha value is -2.88. The molecule has 1 amide bonds. The van der Waals surface area contributed by atoms with Gasteiger partial charge in [-0.25, -0.2) is 0 Å². The summed E-state index contributed by atoms with van der Waals surface area (Å²) in [6.45, 7) is 6.46. The minimum atomic E-state index is -0.0452. The molecule has 178 valence electrons. The first kappa shape index (κ1) is 24.3. The third-order valence-corrected chi connectivity index (χ3v) is 7.38. The Kier molecular flexibility index (Phi) is 8.56. The number of carbonyl (C=O) groups excluding carboxylic acids is 1. The molecular weight excluding hydrogens is 466 g/mol. The molecule has 4 rings (SSSR count). The van der Waals surface area contributed by atoms with E-state index in [0.717, 1.165) is 30.4 Å². The van der Waals surface area contributed by atoms with Crippen LogP contribution in [0.1, 0.15) is 36.4 Å². The number of para-hydroxylation sites is 1. The Morgan fingerprint density at radius 3 is 2.62 bits per heavy atom. The van der Waals surface area contributed by atoms with Crippen molar-refractivity contribution in [1.29, 1.82) is 0 Å². The quantitative estimate of drug-likeness (QED) is 0.285. The van der Waals surface area contributed by atoms with Crippen LogP contribution < -0.4 is 5.32 Å². The highest BCUT2D eigenvalue weighted by Crippen LogP contribution is 2.25. The molecular formula is C25H29N5O2S2. The summed E-state index contributed by atoms with van der Waals surface area (Å²) in [5.74, 6) is 1.93. The Morgan fingerprint density at radius 2 is 1.94 bits per heavy atom. The molecule has 9 heteroatoms. The van der Waals surface area contributed by atoms with Crippen molar-refractivity contribution in [2.24, 2.45) is 0 Å². The second-order valence-electron chi connectivity index (χ2n) is 7.67. The van der Waals surface area contributed by atoms with Gasteiger partial charge in [-0.3, -0.25) is 14.3 Å². The van der Waals surface area contributed by atoms with E-state index in [2.05, 4.69) is 45.7 Å². The van der Waals surface area contributed by atoms with Crippen LogP contribution in [-0.4, -0.2) is 51.0 Å². The lowest BCUT2D eigenvalue weighted by atomic mass is 10.2. The number of amides is 1. The predicted octanol–water partition coefficient (Wildman–Crippen LogP) is 4.80. The third-order valence-electron chi connectivity index (χ3n) is 5.58. The smallest absolute Gasteiger partial charge is 0.230 e. The van der Waals surface area contributed by atoms with Crippen molar-refractivity contribution in [2.75, 3.05) is 25.4 Å². The topological polar surface area (TPSA) is 76.2 Å². The summed E-state index contributed by atoms with van der Waals surface area (Å²) in [5, 5.41) is 14.7. The SMILES string of the molecule is CCN(CC)[C@H](CNC(=O)CSc1nnc(Cc2cccs2)n1-c1ccccc1)c1ccco1. The average Bonchev–Trinajstić information content (AvgIpc) is 3.64. The fourth-order valence-electron chi connectivity index (χ4n) is 3.86. The molecule has 0 radical (unpaired) electrons. The molecule has 0 saturated heterocycles. The number of thiophene rings is 1. The second kappa shape index (κ2) is 12.0. The van der Waals surface area contributed by atoms with Gasteiger partial charge in [0.05, 0.1) is 18.1 Å². The lowest BCUT2D eigenvalue weighted by molar-refractivity contribution is -0.118. The van der Waals surface area contributed by atoms with Gasteiger partial charge >= 0.3 is 0 Å². The van der Waals surface area contributed by atoms with Crippen molar-refractivity contribution in [3.63, 3.8) is 0 Å². The van der Waals surface area contributed by atoms with E-state index in [1.807, 2.05) is 53.1 Å².